The van der Waals surface area contributed by atoms with E-state index in [9.17, 15) is 4.79 Å². The number of benzene rings is 2. The molecule has 21 heavy (non-hydrogen) atoms. The first-order valence-corrected chi connectivity index (χ1v) is 6.89. The van der Waals surface area contributed by atoms with E-state index >= 15 is 0 Å². The lowest BCUT2D eigenvalue weighted by Gasteiger charge is -2.00. The highest BCUT2D eigenvalue weighted by Gasteiger charge is 2.07. The van der Waals surface area contributed by atoms with Gasteiger partial charge in [0.1, 0.15) is 5.82 Å². The molecular formula is C17H16N2O2. The van der Waals surface area contributed by atoms with Crippen molar-refractivity contribution >= 4 is 17.0 Å². The molecule has 0 unspecified atom stereocenters. The van der Waals surface area contributed by atoms with E-state index in [0.717, 1.165) is 29.7 Å². The lowest BCUT2D eigenvalue weighted by atomic mass is 10.1. The summed E-state index contributed by atoms with van der Waals surface area (Å²) in [5.41, 5.74) is 4.38. The third-order valence-electron chi connectivity index (χ3n) is 3.51. The highest BCUT2D eigenvalue weighted by molar-refractivity contribution is 5.92. The molecule has 0 radical (unpaired) electrons. The normalized spacial score (nSPS) is 10.9. The van der Waals surface area contributed by atoms with Gasteiger partial charge in [0.05, 0.1) is 16.6 Å². The van der Waals surface area contributed by atoms with Crippen LogP contribution < -0.4 is 0 Å². The fourth-order valence-corrected chi connectivity index (χ4v) is 2.44. The van der Waals surface area contributed by atoms with Crippen molar-refractivity contribution in [2.24, 2.45) is 0 Å². The number of aromatic carboxylic acids is 1. The molecule has 0 spiro atoms. The van der Waals surface area contributed by atoms with Crippen LogP contribution in [-0.4, -0.2) is 21.0 Å². The number of H-pyrrole nitrogens is 1. The minimum absolute atomic E-state index is 0.274. The molecule has 3 aromatic rings. The van der Waals surface area contributed by atoms with Crippen molar-refractivity contribution in [1.82, 2.24) is 9.97 Å². The Morgan fingerprint density at radius 3 is 2.81 bits per heavy atom. The molecule has 4 nitrogen and oxygen atoms in total. The SMILES string of the molecule is Cc1cccc(CCc2nc3ccc(C(=O)O)cc3[nH]2)c1. The quantitative estimate of drug-likeness (QED) is 0.770. The highest BCUT2D eigenvalue weighted by Crippen LogP contribution is 2.15. The van der Waals surface area contributed by atoms with E-state index in [2.05, 4.69) is 41.2 Å². The van der Waals surface area contributed by atoms with Gasteiger partial charge in [-0.05, 0) is 37.1 Å². The third-order valence-corrected chi connectivity index (χ3v) is 3.51. The molecule has 106 valence electrons. The molecule has 0 aliphatic rings. The average molecular weight is 280 g/mol. The Kier molecular flexibility index (Phi) is 3.44. The van der Waals surface area contributed by atoms with Crippen molar-refractivity contribution in [3.8, 4) is 0 Å². The van der Waals surface area contributed by atoms with E-state index in [-0.39, 0.29) is 5.56 Å². The van der Waals surface area contributed by atoms with Crippen LogP contribution in [0.3, 0.4) is 0 Å². The zero-order valence-electron chi connectivity index (χ0n) is 11.8. The number of hydrogen-bond acceptors (Lipinski definition) is 2. The smallest absolute Gasteiger partial charge is 0.335 e. The molecule has 1 heterocycles. The van der Waals surface area contributed by atoms with E-state index in [4.69, 9.17) is 5.11 Å². The van der Waals surface area contributed by atoms with Gasteiger partial charge in [0.2, 0.25) is 0 Å². The number of carbonyl (C=O) groups is 1. The number of nitrogens with one attached hydrogen (secondary N) is 1. The molecule has 0 aliphatic carbocycles. The fourth-order valence-electron chi connectivity index (χ4n) is 2.44. The second-order valence-electron chi connectivity index (χ2n) is 5.21. The van der Waals surface area contributed by atoms with Crippen molar-refractivity contribution in [2.75, 3.05) is 0 Å². The number of carboxylic acids is 1. The summed E-state index contributed by atoms with van der Waals surface area (Å²) in [5.74, 6) is -0.0399. The summed E-state index contributed by atoms with van der Waals surface area (Å²) in [6.45, 7) is 2.08. The molecular weight excluding hydrogens is 264 g/mol. The Balaban J connectivity index is 1.80. The summed E-state index contributed by atoms with van der Waals surface area (Å²) in [7, 11) is 0. The largest absolute Gasteiger partial charge is 0.478 e. The van der Waals surface area contributed by atoms with E-state index in [0.29, 0.717) is 0 Å². The van der Waals surface area contributed by atoms with E-state index in [1.165, 1.54) is 11.1 Å². The average Bonchev–Trinajstić information content (AvgIpc) is 2.87. The van der Waals surface area contributed by atoms with Gasteiger partial charge < -0.3 is 10.1 Å². The van der Waals surface area contributed by atoms with Crippen LogP contribution in [0.5, 0.6) is 0 Å². The molecule has 4 heteroatoms. The van der Waals surface area contributed by atoms with Gasteiger partial charge >= 0.3 is 5.97 Å². The number of rotatable bonds is 4. The second kappa shape index (κ2) is 5.40. The van der Waals surface area contributed by atoms with Crippen molar-refractivity contribution in [3.05, 3.63) is 65.0 Å². The monoisotopic (exact) mass is 280 g/mol. The van der Waals surface area contributed by atoms with Gasteiger partial charge in [-0.25, -0.2) is 9.78 Å². The molecule has 0 saturated carbocycles. The highest BCUT2D eigenvalue weighted by atomic mass is 16.4. The molecule has 0 saturated heterocycles. The van der Waals surface area contributed by atoms with Crippen molar-refractivity contribution in [1.29, 1.82) is 0 Å². The maximum Gasteiger partial charge on any atom is 0.335 e. The minimum Gasteiger partial charge on any atom is -0.478 e. The lowest BCUT2D eigenvalue weighted by molar-refractivity contribution is 0.0697. The Hall–Kier alpha value is -2.62. The number of nitrogens with zero attached hydrogens (tertiary/aromatic N) is 1. The molecule has 0 fully saturated rings. The summed E-state index contributed by atoms with van der Waals surface area (Å²) < 4.78 is 0. The van der Waals surface area contributed by atoms with Gasteiger partial charge in [0.25, 0.3) is 0 Å². The Morgan fingerprint density at radius 1 is 1.19 bits per heavy atom. The first kappa shape index (κ1) is 13.4. The van der Waals surface area contributed by atoms with Crippen LogP contribution in [0, 0.1) is 6.92 Å². The number of hydrogen-bond donors (Lipinski definition) is 2. The fraction of sp³-hybridized carbons (Fsp3) is 0.176. The van der Waals surface area contributed by atoms with Gasteiger partial charge in [0, 0.05) is 6.42 Å². The maximum atomic E-state index is 11.0. The predicted molar refractivity (Wildman–Crippen MR) is 81.6 cm³/mol. The molecule has 1 aromatic heterocycles. The van der Waals surface area contributed by atoms with E-state index in [1.807, 2.05) is 0 Å². The van der Waals surface area contributed by atoms with Crippen molar-refractivity contribution in [2.45, 2.75) is 19.8 Å². The lowest BCUT2D eigenvalue weighted by Crippen LogP contribution is -1.94. The molecule has 2 aromatic carbocycles. The molecule has 0 atom stereocenters. The Morgan fingerprint density at radius 2 is 2.05 bits per heavy atom. The standard InChI is InChI=1S/C17H16N2O2/c1-11-3-2-4-12(9-11)5-8-16-18-14-7-6-13(17(20)21)10-15(14)19-16/h2-4,6-7,9-10H,5,8H2,1H3,(H,18,19)(H,20,21). The zero-order valence-corrected chi connectivity index (χ0v) is 11.8. The summed E-state index contributed by atoms with van der Waals surface area (Å²) >= 11 is 0. The van der Waals surface area contributed by atoms with E-state index < -0.39 is 5.97 Å². The zero-order chi connectivity index (χ0) is 14.8. The van der Waals surface area contributed by atoms with Crippen LogP contribution >= 0.6 is 0 Å². The van der Waals surface area contributed by atoms with Gasteiger partial charge in [-0.15, -0.1) is 0 Å². The Bertz CT molecular complexity index is 805. The van der Waals surface area contributed by atoms with Crippen molar-refractivity contribution < 1.29 is 9.90 Å². The summed E-state index contributed by atoms with van der Waals surface area (Å²) in [6.07, 6.45) is 1.72. The summed E-state index contributed by atoms with van der Waals surface area (Å²) in [6, 6.07) is 13.4. The summed E-state index contributed by atoms with van der Waals surface area (Å²) in [5, 5.41) is 8.99. The maximum absolute atomic E-state index is 11.0. The number of aromatic amines is 1. The van der Waals surface area contributed by atoms with Crippen LogP contribution in [0.25, 0.3) is 11.0 Å². The molecule has 0 amide bonds. The first-order chi connectivity index (χ1) is 10.1. The number of aromatic nitrogens is 2. The van der Waals surface area contributed by atoms with Crippen LogP contribution in [0.2, 0.25) is 0 Å². The molecule has 0 bridgehead atoms. The van der Waals surface area contributed by atoms with Gasteiger partial charge in [-0.3, -0.25) is 0 Å². The number of imidazole rings is 1. The van der Waals surface area contributed by atoms with Crippen LogP contribution in [0.15, 0.2) is 42.5 Å². The van der Waals surface area contributed by atoms with Crippen LogP contribution in [-0.2, 0) is 12.8 Å². The molecule has 0 aliphatic heterocycles. The van der Waals surface area contributed by atoms with Crippen LogP contribution in [0.1, 0.15) is 27.3 Å². The topological polar surface area (TPSA) is 66.0 Å². The van der Waals surface area contributed by atoms with Crippen LogP contribution in [0.4, 0.5) is 0 Å². The summed E-state index contributed by atoms with van der Waals surface area (Å²) in [4.78, 5) is 18.7. The first-order valence-electron chi connectivity index (χ1n) is 6.89. The van der Waals surface area contributed by atoms with Gasteiger partial charge in [0.15, 0.2) is 0 Å². The Labute approximate surface area is 122 Å². The second-order valence-corrected chi connectivity index (χ2v) is 5.21. The number of aryl methyl sites for hydroxylation is 3. The van der Waals surface area contributed by atoms with Crippen molar-refractivity contribution in [3.63, 3.8) is 0 Å². The third kappa shape index (κ3) is 2.94. The number of fused-ring (bicyclic) bond motifs is 1. The number of carboxylic acid groups (broad SMARTS) is 1. The van der Waals surface area contributed by atoms with Gasteiger partial charge in [-0.2, -0.15) is 0 Å². The van der Waals surface area contributed by atoms with E-state index in [1.54, 1.807) is 18.2 Å². The minimum atomic E-state index is -0.923. The predicted octanol–water partition coefficient (Wildman–Crippen LogP) is 3.35. The van der Waals surface area contributed by atoms with Gasteiger partial charge in [-0.1, -0.05) is 29.8 Å². The molecule has 3 rings (SSSR count). The molecule has 2 N–H and O–H groups in total.